The average Bonchev–Trinajstić information content (AvgIpc) is 2.35. The molecule has 1 rings (SSSR count). The van der Waals surface area contributed by atoms with Gasteiger partial charge in [0.15, 0.2) is 0 Å². The molecule has 0 aliphatic carbocycles. The second-order valence-corrected chi connectivity index (χ2v) is 7.94. The van der Waals surface area contributed by atoms with E-state index < -0.39 is 16.1 Å². The molecule has 2 atom stereocenters. The molecule has 1 aromatic carbocycles. The highest BCUT2D eigenvalue weighted by Crippen LogP contribution is 2.24. The number of hydrogen-bond acceptors (Lipinski definition) is 3. The highest BCUT2D eigenvalue weighted by molar-refractivity contribution is 7.88. The molecule has 6 heteroatoms. The van der Waals surface area contributed by atoms with E-state index in [0.717, 1.165) is 23.8 Å². The van der Waals surface area contributed by atoms with E-state index >= 15 is 0 Å². The van der Waals surface area contributed by atoms with Gasteiger partial charge >= 0.3 is 0 Å². The molecule has 0 radical (unpaired) electrons. The third kappa shape index (κ3) is 6.15. The van der Waals surface area contributed by atoms with Crippen molar-refractivity contribution in [1.82, 2.24) is 10.0 Å². The molecule has 0 aliphatic rings. The number of aryl methyl sites for hydroxylation is 1. The van der Waals surface area contributed by atoms with Crippen LogP contribution in [0.4, 0.5) is 0 Å². The molecule has 0 spiro atoms. The zero-order chi connectivity index (χ0) is 16.9. The van der Waals surface area contributed by atoms with Crippen LogP contribution in [0.1, 0.15) is 44.4 Å². The Balaban J connectivity index is 2.91. The fourth-order valence-electron chi connectivity index (χ4n) is 2.38. The van der Waals surface area contributed by atoms with E-state index in [1.165, 1.54) is 0 Å². The van der Waals surface area contributed by atoms with E-state index in [4.69, 9.17) is 0 Å². The van der Waals surface area contributed by atoms with Crippen molar-refractivity contribution < 1.29 is 13.2 Å². The second-order valence-electron chi connectivity index (χ2n) is 6.16. The van der Waals surface area contributed by atoms with Gasteiger partial charge in [-0.1, -0.05) is 38.1 Å². The number of nitrogens with one attached hydrogen (secondary N) is 2. The van der Waals surface area contributed by atoms with Gasteiger partial charge in [-0.3, -0.25) is 4.79 Å². The van der Waals surface area contributed by atoms with Gasteiger partial charge in [0.05, 0.1) is 18.3 Å². The van der Waals surface area contributed by atoms with Gasteiger partial charge in [-0.2, -0.15) is 0 Å². The Morgan fingerprint density at radius 1 is 1.18 bits per heavy atom. The topological polar surface area (TPSA) is 75.3 Å². The van der Waals surface area contributed by atoms with E-state index in [9.17, 15) is 13.2 Å². The van der Waals surface area contributed by atoms with Crippen molar-refractivity contribution >= 4 is 15.9 Å². The summed E-state index contributed by atoms with van der Waals surface area (Å²) in [7, 11) is -3.41. The van der Waals surface area contributed by atoms with Crippen molar-refractivity contribution in [2.45, 2.75) is 46.2 Å². The van der Waals surface area contributed by atoms with Crippen LogP contribution < -0.4 is 10.0 Å². The molecule has 1 amide bonds. The van der Waals surface area contributed by atoms with Crippen LogP contribution in [0.5, 0.6) is 0 Å². The highest BCUT2D eigenvalue weighted by atomic mass is 32.2. The number of sulfonamides is 1. The van der Waals surface area contributed by atoms with Crippen molar-refractivity contribution in [2.75, 3.05) is 6.26 Å². The molecule has 0 saturated carbocycles. The predicted octanol–water partition coefficient (Wildman–Crippen LogP) is 2.14. The zero-order valence-corrected chi connectivity index (χ0v) is 14.7. The molecular weight excluding hydrogens is 300 g/mol. The Kier molecular flexibility index (Phi) is 6.56. The van der Waals surface area contributed by atoms with Crippen LogP contribution in [0.25, 0.3) is 0 Å². The van der Waals surface area contributed by atoms with Crippen LogP contribution in [0.15, 0.2) is 24.3 Å². The summed E-state index contributed by atoms with van der Waals surface area (Å²) < 4.78 is 24.8. The van der Waals surface area contributed by atoms with Crippen molar-refractivity contribution in [2.24, 2.45) is 5.92 Å². The summed E-state index contributed by atoms with van der Waals surface area (Å²) in [6.45, 7) is 7.74. The van der Waals surface area contributed by atoms with E-state index in [2.05, 4.69) is 23.9 Å². The largest absolute Gasteiger partial charge is 0.348 e. The molecule has 0 aromatic heterocycles. The molecule has 5 nitrogen and oxygen atoms in total. The summed E-state index contributed by atoms with van der Waals surface area (Å²) in [6, 6.07) is 6.98. The smallest absolute Gasteiger partial charge is 0.238 e. The number of hydrogen-bond donors (Lipinski definition) is 2. The lowest BCUT2D eigenvalue weighted by atomic mass is 9.93. The highest BCUT2D eigenvalue weighted by Gasteiger charge is 2.22. The van der Waals surface area contributed by atoms with Gasteiger partial charge in [0.1, 0.15) is 0 Å². The Hall–Kier alpha value is -1.40. The first-order valence-corrected chi connectivity index (χ1v) is 9.32. The van der Waals surface area contributed by atoms with E-state index in [-0.39, 0.29) is 11.9 Å². The van der Waals surface area contributed by atoms with Gasteiger partial charge in [-0.15, -0.1) is 0 Å². The van der Waals surface area contributed by atoms with Crippen LogP contribution in [-0.2, 0) is 14.8 Å². The maximum absolute atomic E-state index is 12.3. The first-order chi connectivity index (χ1) is 10.1. The molecule has 0 aliphatic heterocycles. The molecule has 0 fully saturated rings. The van der Waals surface area contributed by atoms with Crippen LogP contribution in [0.3, 0.4) is 0 Å². The molecule has 0 unspecified atom stereocenters. The normalized spacial score (nSPS) is 14.6. The van der Waals surface area contributed by atoms with Crippen LogP contribution >= 0.6 is 0 Å². The summed E-state index contributed by atoms with van der Waals surface area (Å²) >= 11 is 0. The average molecular weight is 326 g/mol. The first-order valence-electron chi connectivity index (χ1n) is 7.43. The van der Waals surface area contributed by atoms with E-state index in [0.29, 0.717) is 5.92 Å². The lowest BCUT2D eigenvalue weighted by molar-refractivity contribution is -0.123. The fourth-order valence-corrected chi connectivity index (χ4v) is 3.13. The Morgan fingerprint density at radius 3 is 2.27 bits per heavy atom. The fraction of sp³-hybridized carbons (Fsp3) is 0.562. The molecule has 0 saturated heterocycles. The van der Waals surface area contributed by atoms with Crippen molar-refractivity contribution in [1.29, 1.82) is 0 Å². The summed E-state index contributed by atoms with van der Waals surface area (Å²) in [5, 5.41) is 2.96. The molecule has 1 aromatic rings. The maximum Gasteiger partial charge on any atom is 0.238 e. The minimum atomic E-state index is -3.41. The molecular formula is C16H26N2O3S. The van der Waals surface area contributed by atoms with Crippen LogP contribution in [0, 0.1) is 12.8 Å². The van der Waals surface area contributed by atoms with Gasteiger partial charge in [-0.05, 0) is 37.3 Å². The molecule has 0 heterocycles. The first kappa shape index (κ1) is 18.6. The number of rotatable bonds is 7. The van der Waals surface area contributed by atoms with Crippen molar-refractivity contribution in [3.05, 3.63) is 35.4 Å². The predicted molar refractivity (Wildman–Crippen MR) is 89.0 cm³/mol. The summed E-state index contributed by atoms with van der Waals surface area (Å²) in [6.07, 6.45) is 1.84. The van der Waals surface area contributed by atoms with Gasteiger partial charge in [-0.25, -0.2) is 13.1 Å². The lowest BCUT2D eigenvalue weighted by Crippen LogP contribution is -2.45. The Bertz CT molecular complexity index is 612. The van der Waals surface area contributed by atoms with Gasteiger partial charge < -0.3 is 5.32 Å². The number of benzene rings is 1. The van der Waals surface area contributed by atoms with Gasteiger partial charge in [0, 0.05) is 0 Å². The third-order valence-electron chi connectivity index (χ3n) is 3.37. The van der Waals surface area contributed by atoms with Crippen LogP contribution in [0.2, 0.25) is 0 Å². The second kappa shape index (κ2) is 7.74. The van der Waals surface area contributed by atoms with Gasteiger partial charge in [0.25, 0.3) is 0 Å². The Morgan fingerprint density at radius 2 is 1.77 bits per heavy atom. The molecule has 2 N–H and O–H groups in total. The van der Waals surface area contributed by atoms with E-state index in [1.807, 2.05) is 31.2 Å². The summed E-state index contributed by atoms with van der Waals surface area (Å²) in [4.78, 5) is 12.3. The summed E-state index contributed by atoms with van der Waals surface area (Å²) in [5.74, 6) is 0.0856. The summed E-state index contributed by atoms with van der Waals surface area (Å²) in [5.41, 5.74) is 2.17. The molecule has 124 valence electrons. The third-order valence-corrected chi connectivity index (χ3v) is 4.15. The number of amides is 1. The standard InChI is InChI=1S/C16H26N2O3S/c1-11(2)10-15(14-9-7-6-8-12(14)3)17-16(19)13(4)18-22(5,20)21/h6-9,11,13,15,18H,10H2,1-5H3,(H,17,19)/t13-,15+/m0/s1. The lowest BCUT2D eigenvalue weighted by Gasteiger charge is -2.24. The minimum Gasteiger partial charge on any atom is -0.348 e. The van der Waals surface area contributed by atoms with Crippen LogP contribution in [-0.4, -0.2) is 26.6 Å². The van der Waals surface area contributed by atoms with Crippen molar-refractivity contribution in [3.8, 4) is 0 Å². The number of carbonyl (C=O) groups excluding carboxylic acids is 1. The maximum atomic E-state index is 12.3. The minimum absolute atomic E-state index is 0.127. The quantitative estimate of drug-likeness (QED) is 0.806. The molecule has 22 heavy (non-hydrogen) atoms. The monoisotopic (exact) mass is 326 g/mol. The Labute approximate surface area is 133 Å². The van der Waals surface area contributed by atoms with E-state index in [1.54, 1.807) is 6.92 Å². The number of carbonyl (C=O) groups is 1. The SMILES string of the molecule is Cc1ccccc1[C@@H](CC(C)C)NC(=O)[C@H](C)NS(C)(=O)=O. The van der Waals surface area contributed by atoms with Crippen molar-refractivity contribution in [3.63, 3.8) is 0 Å². The van der Waals surface area contributed by atoms with Gasteiger partial charge in [0.2, 0.25) is 15.9 Å². The molecule has 0 bridgehead atoms. The zero-order valence-electron chi connectivity index (χ0n) is 13.9.